The first-order chi connectivity index (χ1) is 12.5. The molecule has 0 fully saturated rings. The highest BCUT2D eigenvalue weighted by atomic mass is 35.5. The van der Waals surface area contributed by atoms with Crippen LogP contribution >= 0.6 is 11.6 Å². The topological polar surface area (TPSA) is 48.1 Å². The molecule has 4 nitrogen and oxygen atoms in total. The molecule has 2 N–H and O–H groups in total. The summed E-state index contributed by atoms with van der Waals surface area (Å²) in [6.45, 7) is 2.65. The second kappa shape index (κ2) is 7.83. The zero-order chi connectivity index (χ0) is 18.7. The Morgan fingerprint density at radius 1 is 1.15 bits per heavy atom. The van der Waals surface area contributed by atoms with Crippen molar-refractivity contribution in [3.63, 3.8) is 0 Å². The molecular weight excluding hydrogens is 346 g/mol. The van der Waals surface area contributed by atoms with E-state index in [1.807, 2.05) is 32.3 Å². The highest BCUT2D eigenvalue weighted by Gasteiger charge is 2.16. The number of anilines is 1. The van der Waals surface area contributed by atoms with E-state index in [1.165, 1.54) is 11.3 Å². The Morgan fingerprint density at radius 2 is 1.88 bits per heavy atom. The molecule has 3 rings (SSSR count). The maximum absolute atomic E-state index is 12.6. The molecule has 0 aliphatic heterocycles. The summed E-state index contributed by atoms with van der Waals surface area (Å²) in [5.74, 6) is -0.0703. The van der Waals surface area contributed by atoms with Crippen LogP contribution in [0.15, 0.2) is 42.5 Å². The molecule has 1 aromatic heterocycles. The third-order valence-corrected chi connectivity index (χ3v) is 4.84. The number of halogens is 1. The van der Waals surface area contributed by atoms with Gasteiger partial charge in [-0.1, -0.05) is 36.7 Å². The first kappa shape index (κ1) is 18.3. The fourth-order valence-electron chi connectivity index (χ4n) is 3.16. The highest BCUT2D eigenvalue weighted by Crippen LogP contribution is 2.25. The van der Waals surface area contributed by atoms with Crippen molar-refractivity contribution >= 4 is 34.1 Å². The number of nitrogens with one attached hydrogen (secondary N) is 2. The van der Waals surface area contributed by atoms with Gasteiger partial charge in [-0.3, -0.25) is 4.79 Å². The number of hydrogen-bond acceptors (Lipinski definition) is 2. The SMILES string of the molecule is CCc1c(C(=O)NCCc2ccc(N(C)C)cc2)[nH]c2cc(Cl)ccc12. The minimum Gasteiger partial charge on any atom is -0.378 e. The molecule has 2 aromatic carbocycles. The van der Waals surface area contributed by atoms with Crippen molar-refractivity contribution in [2.45, 2.75) is 19.8 Å². The van der Waals surface area contributed by atoms with Crippen LogP contribution in [0.1, 0.15) is 28.5 Å². The molecule has 0 unspecified atom stereocenters. The summed E-state index contributed by atoms with van der Waals surface area (Å²) in [5.41, 5.74) is 4.94. The summed E-state index contributed by atoms with van der Waals surface area (Å²) in [6, 6.07) is 14.1. The van der Waals surface area contributed by atoms with E-state index in [9.17, 15) is 4.79 Å². The number of rotatable bonds is 6. The molecular formula is C21H24ClN3O. The normalized spacial score (nSPS) is 10.9. The summed E-state index contributed by atoms with van der Waals surface area (Å²) in [6.07, 6.45) is 1.59. The van der Waals surface area contributed by atoms with Gasteiger partial charge in [-0.25, -0.2) is 0 Å². The van der Waals surface area contributed by atoms with Crippen molar-refractivity contribution in [1.29, 1.82) is 0 Å². The van der Waals surface area contributed by atoms with Gasteiger partial charge in [-0.15, -0.1) is 0 Å². The summed E-state index contributed by atoms with van der Waals surface area (Å²) >= 11 is 6.06. The maximum atomic E-state index is 12.6. The molecule has 0 bridgehead atoms. The van der Waals surface area contributed by atoms with Crippen LogP contribution in [0.2, 0.25) is 5.02 Å². The van der Waals surface area contributed by atoms with Gasteiger partial charge in [0, 0.05) is 42.3 Å². The van der Waals surface area contributed by atoms with Crippen LogP contribution in [0.3, 0.4) is 0 Å². The third kappa shape index (κ3) is 3.86. The molecule has 3 aromatic rings. The van der Waals surface area contributed by atoms with Gasteiger partial charge in [0.2, 0.25) is 0 Å². The molecule has 5 heteroatoms. The Kier molecular flexibility index (Phi) is 5.52. The monoisotopic (exact) mass is 369 g/mol. The Bertz CT molecular complexity index is 913. The van der Waals surface area contributed by atoms with E-state index in [0.717, 1.165) is 29.3 Å². The molecule has 1 amide bonds. The smallest absolute Gasteiger partial charge is 0.268 e. The molecule has 0 saturated heterocycles. The largest absolute Gasteiger partial charge is 0.378 e. The fourth-order valence-corrected chi connectivity index (χ4v) is 3.33. The Labute approximate surface area is 159 Å². The van der Waals surface area contributed by atoms with E-state index in [0.29, 0.717) is 17.3 Å². The van der Waals surface area contributed by atoms with Crippen molar-refractivity contribution in [2.24, 2.45) is 0 Å². The first-order valence-electron chi connectivity index (χ1n) is 8.84. The quantitative estimate of drug-likeness (QED) is 0.675. The first-order valence-corrected chi connectivity index (χ1v) is 9.22. The molecule has 1 heterocycles. The predicted octanol–water partition coefficient (Wildman–Crippen LogP) is 4.42. The lowest BCUT2D eigenvalue weighted by Crippen LogP contribution is -2.26. The van der Waals surface area contributed by atoms with Gasteiger partial charge in [-0.2, -0.15) is 0 Å². The lowest BCUT2D eigenvalue weighted by Gasteiger charge is -2.12. The van der Waals surface area contributed by atoms with Crippen LogP contribution in [0.25, 0.3) is 10.9 Å². The lowest BCUT2D eigenvalue weighted by atomic mass is 10.1. The second-order valence-electron chi connectivity index (χ2n) is 6.59. The van der Waals surface area contributed by atoms with Gasteiger partial charge < -0.3 is 15.2 Å². The van der Waals surface area contributed by atoms with E-state index >= 15 is 0 Å². The Morgan fingerprint density at radius 3 is 2.54 bits per heavy atom. The summed E-state index contributed by atoms with van der Waals surface area (Å²) < 4.78 is 0. The van der Waals surface area contributed by atoms with Crippen LogP contribution in [-0.2, 0) is 12.8 Å². The van der Waals surface area contributed by atoms with Gasteiger partial charge in [0.05, 0.1) is 0 Å². The molecule has 0 aliphatic carbocycles. The van der Waals surface area contributed by atoms with E-state index in [1.54, 1.807) is 0 Å². The number of carbonyl (C=O) groups is 1. The Balaban J connectivity index is 1.67. The number of aryl methyl sites for hydroxylation is 1. The predicted molar refractivity (Wildman–Crippen MR) is 109 cm³/mol. The third-order valence-electron chi connectivity index (χ3n) is 4.60. The minimum atomic E-state index is -0.0703. The number of H-pyrrole nitrogens is 1. The summed E-state index contributed by atoms with van der Waals surface area (Å²) in [7, 11) is 4.04. The van der Waals surface area contributed by atoms with Gasteiger partial charge in [0.15, 0.2) is 0 Å². The average molecular weight is 370 g/mol. The zero-order valence-electron chi connectivity index (χ0n) is 15.4. The molecule has 136 valence electrons. The average Bonchev–Trinajstić information content (AvgIpc) is 2.99. The second-order valence-corrected chi connectivity index (χ2v) is 7.03. The number of benzene rings is 2. The zero-order valence-corrected chi connectivity index (χ0v) is 16.2. The van der Waals surface area contributed by atoms with Gasteiger partial charge in [0.1, 0.15) is 5.69 Å². The van der Waals surface area contributed by atoms with E-state index in [2.05, 4.69) is 46.4 Å². The van der Waals surface area contributed by atoms with Crippen molar-refractivity contribution in [2.75, 3.05) is 25.5 Å². The van der Waals surface area contributed by atoms with Crippen LogP contribution in [0, 0.1) is 0 Å². The van der Waals surface area contributed by atoms with Gasteiger partial charge in [0.25, 0.3) is 5.91 Å². The minimum absolute atomic E-state index is 0.0703. The molecule has 0 spiro atoms. The maximum Gasteiger partial charge on any atom is 0.268 e. The van der Waals surface area contributed by atoms with Crippen LogP contribution in [0.5, 0.6) is 0 Å². The molecule has 26 heavy (non-hydrogen) atoms. The standard InChI is InChI=1S/C21H24ClN3O/c1-4-17-18-10-7-15(22)13-19(18)24-20(17)21(26)23-12-11-14-5-8-16(9-6-14)25(2)3/h5-10,13,24H,4,11-12H2,1-3H3,(H,23,26). The number of carbonyl (C=O) groups excluding carboxylic acids is 1. The van der Waals surface area contributed by atoms with E-state index in [-0.39, 0.29) is 5.91 Å². The molecule has 0 radical (unpaired) electrons. The van der Waals surface area contributed by atoms with Crippen LogP contribution < -0.4 is 10.2 Å². The van der Waals surface area contributed by atoms with Crippen molar-refractivity contribution in [3.05, 3.63) is 64.3 Å². The number of amides is 1. The Hall–Kier alpha value is -2.46. The van der Waals surface area contributed by atoms with Gasteiger partial charge >= 0.3 is 0 Å². The summed E-state index contributed by atoms with van der Waals surface area (Å²) in [5, 5.41) is 4.74. The van der Waals surface area contributed by atoms with Crippen LogP contribution in [0.4, 0.5) is 5.69 Å². The number of aromatic nitrogens is 1. The van der Waals surface area contributed by atoms with Crippen molar-refractivity contribution in [1.82, 2.24) is 10.3 Å². The number of aromatic amines is 1. The molecule has 0 saturated carbocycles. The molecule has 0 atom stereocenters. The van der Waals surface area contributed by atoms with E-state index < -0.39 is 0 Å². The van der Waals surface area contributed by atoms with Gasteiger partial charge in [-0.05, 0) is 48.2 Å². The molecule has 0 aliphatic rings. The highest BCUT2D eigenvalue weighted by molar-refractivity contribution is 6.31. The fraction of sp³-hybridized carbons (Fsp3) is 0.286. The van der Waals surface area contributed by atoms with Crippen molar-refractivity contribution in [3.8, 4) is 0 Å². The number of hydrogen-bond donors (Lipinski definition) is 2. The number of fused-ring (bicyclic) bond motifs is 1. The van der Waals surface area contributed by atoms with E-state index in [4.69, 9.17) is 11.6 Å². The summed E-state index contributed by atoms with van der Waals surface area (Å²) in [4.78, 5) is 17.9. The van der Waals surface area contributed by atoms with Crippen LogP contribution in [-0.4, -0.2) is 31.5 Å². The number of nitrogens with zero attached hydrogens (tertiary/aromatic N) is 1. The van der Waals surface area contributed by atoms with Crippen molar-refractivity contribution < 1.29 is 4.79 Å². The lowest BCUT2D eigenvalue weighted by molar-refractivity contribution is 0.0949.